The van der Waals surface area contributed by atoms with E-state index in [9.17, 15) is 5.11 Å². The summed E-state index contributed by atoms with van der Waals surface area (Å²) in [7, 11) is 1.62. The van der Waals surface area contributed by atoms with E-state index in [1.807, 2.05) is 39.8 Å². The first-order valence-corrected chi connectivity index (χ1v) is 7.09. The first kappa shape index (κ1) is 17.0. The molecule has 1 aromatic rings. The van der Waals surface area contributed by atoms with Crippen molar-refractivity contribution < 1.29 is 14.9 Å². The van der Waals surface area contributed by atoms with E-state index in [1.165, 1.54) is 0 Å². The fraction of sp³-hybridized carbons (Fsp3) is 0.625. The molecule has 0 amide bonds. The van der Waals surface area contributed by atoms with Gasteiger partial charge >= 0.3 is 0 Å². The van der Waals surface area contributed by atoms with Crippen LogP contribution in [0.15, 0.2) is 12.1 Å². The van der Waals surface area contributed by atoms with Crippen LogP contribution in [0.3, 0.4) is 0 Å². The zero-order valence-electron chi connectivity index (χ0n) is 13.1. The lowest BCUT2D eigenvalue weighted by Gasteiger charge is -2.29. The molecule has 0 saturated carbocycles. The maximum absolute atomic E-state index is 10.7. The second-order valence-electron chi connectivity index (χ2n) is 5.60. The van der Waals surface area contributed by atoms with E-state index < -0.39 is 6.10 Å². The van der Waals surface area contributed by atoms with Gasteiger partial charge in [0, 0.05) is 18.2 Å². The van der Waals surface area contributed by atoms with Gasteiger partial charge in [0.1, 0.15) is 5.75 Å². The van der Waals surface area contributed by atoms with Crippen molar-refractivity contribution in [2.24, 2.45) is 5.92 Å². The summed E-state index contributed by atoms with van der Waals surface area (Å²) >= 11 is 0. The molecule has 0 bridgehead atoms. The maximum atomic E-state index is 10.7. The van der Waals surface area contributed by atoms with Gasteiger partial charge < -0.3 is 20.3 Å². The van der Waals surface area contributed by atoms with Gasteiger partial charge in [0.2, 0.25) is 0 Å². The van der Waals surface area contributed by atoms with E-state index in [1.54, 1.807) is 7.11 Å². The molecule has 0 aliphatic carbocycles. The number of aryl methyl sites for hydroxylation is 2. The molecule has 0 heterocycles. The predicted molar refractivity (Wildman–Crippen MR) is 81.1 cm³/mol. The average molecular weight is 281 g/mol. The molecule has 2 unspecified atom stereocenters. The summed E-state index contributed by atoms with van der Waals surface area (Å²) in [4.78, 5) is 0. The van der Waals surface area contributed by atoms with Gasteiger partial charge in [-0.3, -0.25) is 0 Å². The topological polar surface area (TPSA) is 61.7 Å². The largest absolute Gasteiger partial charge is 0.496 e. The Bertz CT molecular complexity index is 432. The normalized spacial score (nSPS) is 14.4. The summed E-state index contributed by atoms with van der Waals surface area (Å²) in [5.41, 5.74) is 2.92. The third-order valence-electron chi connectivity index (χ3n) is 3.52. The lowest BCUT2D eigenvalue weighted by atomic mass is 9.91. The van der Waals surface area contributed by atoms with Crippen LogP contribution in [0, 0.1) is 19.8 Å². The highest BCUT2D eigenvalue weighted by Gasteiger charge is 2.26. The van der Waals surface area contributed by atoms with Crippen LogP contribution >= 0.6 is 0 Å². The van der Waals surface area contributed by atoms with Crippen LogP contribution in [-0.4, -0.2) is 36.5 Å². The average Bonchev–Trinajstić information content (AvgIpc) is 2.37. The van der Waals surface area contributed by atoms with Crippen molar-refractivity contribution in [2.45, 2.75) is 39.8 Å². The van der Waals surface area contributed by atoms with Gasteiger partial charge in [-0.25, -0.2) is 0 Å². The molecule has 0 aliphatic rings. The van der Waals surface area contributed by atoms with Crippen molar-refractivity contribution in [3.05, 3.63) is 28.8 Å². The third kappa shape index (κ3) is 3.95. The molecule has 20 heavy (non-hydrogen) atoms. The van der Waals surface area contributed by atoms with Crippen molar-refractivity contribution in [1.29, 1.82) is 0 Å². The number of methoxy groups -OCH3 is 1. The van der Waals surface area contributed by atoms with Crippen molar-refractivity contribution in [1.82, 2.24) is 5.32 Å². The maximum Gasteiger partial charge on any atom is 0.127 e. The second-order valence-corrected chi connectivity index (χ2v) is 5.60. The first-order chi connectivity index (χ1) is 9.42. The minimum atomic E-state index is -0.671. The summed E-state index contributed by atoms with van der Waals surface area (Å²) in [5.74, 6) is 0.974. The highest BCUT2D eigenvalue weighted by Crippen LogP contribution is 2.33. The standard InChI is InChI=1S/C16H27NO3/c1-10(2)14(17-6-7-18)15(19)13-9-11(3)8-12(4)16(13)20-5/h8-10,14-15,17-19H,6-7H2,1-5H3. The second kappa shape index (κ2) is 7.62. The Morgan fingerprint density at radius 2 is 1.90 bits per heavy atom. The quantitative estimate of drug-likeness (QED) is 0.715. The Morgan fingerprint density at radius 1 is 1.25 bits per heavy atom. The number of hydrogen-bond acceptors (Lipinski definition) is 4. The van der Waals surface area contributed by atoms with E-state index in [0.717, 1.165) is 22.4 Å². The number of nitrogens with one attached hydrogen (secondary N) is 1. The van der Waals surface area contributed by atoms with Crippen LogP contribution < -0.4 is 10.1 Å². The number of hydrogen-bond donors (Lipinski definition) is 3. The van der Waals surface area contributed by atoms with E-state index in [2.05, 4.69) is 5.32 Å². The Morgan fingerprint density at radius 3 is 2.40 bits per heavy atom. The molecule has 0 aromatic heterocycles. The molecule has 1 rings (SSSR count). The number of aliphatic hydroxyl groups is 2. The molecule has 4 nitrogen and oxygen atoms in total. The summed E-state index contributed by atoms with van der Waals surface area (Å²) < 4.78 is 5.45. The lowest BCUT2D eigenvalue weighted by Crippen LogP contribution is -2.40. The molecular formula is C16H27NO3. The van der Waals surface area contributed by atoms with Gasteiger partial charge in [-0.05, 0) is 31.4 Å². The number of benzene rings is 1. The fourth-order valence-electron chi connectivity index (χ4n) is 2.62. The number of aliphatic hydroxyl groups excluding tert-OH is 2. The van der Waals surface area contributed by atoms with Crippen LogP contribution in [0.4, 0.5) is 0 Å². The zero-order valence-corrected chi connectivity index (χ0v) is 13.1. The van der Waals surface area contributed by atoms with Gasteiger partial charge in [-0.2, -0.15) is 0 Å². The lowest BCUT2D eigenvalue weighted by molar-refractivity contribution is 0.0989. The Hall–Kier alpha value is -1.10. The minimum Gasteiger partial charge on any atom is -0.496 e. The molecule has 0 fully saturated rings. The van der Waals surface area contributed by atoms with Crippen molar-refractivity contribution in [2.75, 3.05) is 20.3 Å². The summed E-state index contributed by atoms with van der Waals surface area (Å²) in [5, 5.41) is 22.9. The van der Waals surface area contributed by atoms with Gasteiger partial charge in [-0.15, -0.1) is 0 Å². The highest BCUT2D eigenvalue weighted by atomic mass is 16.5. The zero-order chi connectivity index (χ0) is 15.3. The van der Waals surface area contributed by atoms with E-state index in [4.69, 9.17) is 9.84 Å². The summed E-state index contributed by atoms with van der Waals surface area (Å²) in [6, 6.07) is 3.88. The van der Waals surface area contributed by atoms with Gasteiger partial charge in [0.05, 0.1) is 19.8 Å². The summed E-state index contributed by atoms with van der Waals surface area (Å²) in [6.07, 6.45) is -0.671. The van der Waals surface area contributed by atoms with E-state index >= 15 is 0 Å². The molecule has 4 heteroatoms. The van der Waals surface area contributed by atoms with Gasteiger partial charge in [-0.1, -0.05) is 25.5 Å². The Balaban J connectivity index is 3.13. The predicted octanol–water partition coefficient (Wildman–Crippen LogP) is 1.95. The van der Waals surface area contributed by atoms with Crippen LogP contribution in [0.25, 0.3) is 0 Å². The molecule has 1 aromatic carbocycles. The van der Waals surface area contributed by atoms with Crippen molar-refractivity contribution >= 4 is 0 Å². The van der Waals surface area contributed by atoms with Crippen LogP contribution in [0.1, 0.15) is 36.6 Å². The molecule has 3 N–H and O–H groups in total. The minimum absolute atomic E-state index is 0.0555. The molecular weight excluding hydrogens is 254 g/mol. The monoisotopic (exact) mass is 281 g/mol. The first-order valence-electron chi connectivity index (χ1n) is 7.09. The van der Waals surface area contributed by atoms with E-state index in [0.29, 0.717) is 6.54 Å². The highest BCUT2D eigenvalue weighted by molar-refractivity contribution is 5.45. The van der Waals surface area contributed by atoms with Crippen LogP contribution in [0.5, 0.6) is 5.75 Å². The molecule has 0 spiro atoms. The van der Waals surface area contributed by atoms with Crippen LogP contribution in [-0.2, 0) is 0 Å². The fourth-order valence-corrected chi connectivity index (χ4v) is 2.62. The van der Waals surface area contributed by atoms with Gasteiger partial charge in [0.25, 0.3) is 0 Å². The molecule has 0 radical (unpaired) electrons. The van der Waals surface area contributed by atoms with E-state index in [-0.39, 0.29) is 18.6 Å². The molecule has 0 saturated heterocycles. The SMILES string of the molecule is COc1c(C)cc(C)cc1C(O)C(NCCO)C(C)C. The number of rotatable bonds is 7. The summed E-state index contributed by atoms with van der Waals surface area (Å²) in [6.45, 7) is 8.61. The Labute approximate surface area is 121 Å². The van der Waals surface area contributed by atoms with Crippen LogP contribution in [0.2, 0.25) is 0 Å². The molecule has 0 aliphatic heterocycles. The molecule has 2 atom stereocenters. The van der Waals surface area contributed by atoms with Crippen molar-refractivity contribution in [3.63, 3.8) is 0 Å². The third-order valence-corrected chi connectivity index (χ3v) is 3.52. The molecule has 114 valence electrons. The number of ether oxygens (including phenoxy) is 1. The van der Waals surface area contributed by atoms with Crippen molar-refractivity contribution in [3.8, 4) is 5.75 Å². The van der Waals surface area contributed by atoms with Gasteiger partial charge in [0.15, 0.2) is 0 Å². The smallest absolute Gasteiger partial charge is 0.127 e. The Kier molecular flexibility index (Phi) is 6.46.